The highest BCUT2D eigenvalue weighted by molar-refractivity contribution is 7.89. The SMILES string of the molecule is CCNS(=O)(=O)c1ccc(C(=O)OCC(=O)NCCc2ccccc2OC)cc1. The fourth-order valence-corrected chi connectivity index (χ4v) is 3.60. The van der Waals surface area contributed by atoms with Gasteiger partial charge in [-0.1, -0.05) is 25.1 Å². The van der Waals surface area contributed by atoms with Crippen molar-refractivity contribution < 1.29 is 27.5 Å². The predicted octanol–water partition coefficient (Wildman–Crippen LogP) is 1.51. The van der Waals surface area contributed by atoms with Crippen LogP contribution in [0, 0.1) is 0 Å². The maximum Gasteiger partial charge on any atom is 0.338 e. The van der Waals surface area contributed by atoms with E-state index in [2.05, 4.69) is 10.0 Å². The summed E-state index contributed by atoms with van der Waals surface area (Å²) in [6, 6.07) is 12.8. The number of sulfonamides is 1. The zero-order valence-corrected chi connectivity index (χ0v) is 17.1. The minimum atomic E-state index is -3.59. The average Bonchev–Trinajstić information content (AvgIpc) is 2.72. The lowest BCUT2D eigenvalue weighted by atomic mass is 10.1. The van der Waals surface area contributed by atoms with Gasteiger partial charge in [-0.2, -0.15) is 0 Å². The highest BCUT2D eigenvalue weighted by Gasteiger charge is 2.15. The molecular formula is C20H24N2O6S. The second-order valence-corrected chi connectivity index (χ2v) is 7.78. The normalized spacial score (nSPS) is 11.0. The molecule has 0 unspecified atom stereocenters. The maximum absolute atomic E-state index is 12.0. The van der Waals surface area contributed by atoms with E-state index in [1.54, 1.807) is 14.0 Å². The molecule has 0 spiro atoms. The molecule has 0 radical (unpaired) electrons. The Morgan fingerprint density at radius 3 is 2.38 bits per heavy atom. The van der Waals surface area contributed by atoms with Crippen molar-refractivity contribution in [2.45, 2.75) is 18.2 Å². The highest BCUT2D eigenvalue weighted by atomic mass is 32.2. The fraction of sp³-hybridized carbons (Fsp3) is 0.300. The highest BCUT2D eigenvalue weighted by Crippen LogP contribution is 2.17. The Bertz CT molecular complexity index is 942. The molecule has 156 valence electrons. The lowest BCUT2D eigenvalue weighted by molar-refractivity contribution is -0.124. The number of hydrogen-bond acceptors (Lipinski definition) is 6. The first-order valence-corrected chi connectivity index (χ1v) is 10.5. The molecule has 2 aromatic carbocycles. The Balaban J connectivity index is 1.80. The van der Waals surface area contributed by atoms with E-state index in [0.29, 0.717) is 13.0 Å². The van der Waals surface area contributed by atoms with E-state index in [4.69, 9.17) is 9.47 Å². The number of esters is 1. The molecule has 0 aromatic heterocycles. The molecule has 9 heteroatoms. The average molecular weight is 420 g/mol. The van der Waals surface area contributed by atoms with Crippen molar-refractivity contribution in [3.05, 3.63) is 59.7 Å². The number of methoxy groups -OCH3 is 1. The minimum Gasteiger partial charge on any atom is -0.496 e. The van der Waals surface area contributed by atoms with Gasteiger partial charge in [-0.3, -0.25) is 4.79 Å². The van der Waals surface area contributed by atoms with Gasteiger partial charge in [0.15, 0.2) is 6.61 Å². The standard InChI is InChI=1S/C20H24N2O6S/c1-3-22-29(25,26)17-10-8-16(9-11-17)20(24)28-14-19(23)21-13-12-15-6-4-5-7-18(15)27-2/h4-11,22H,3,12-14H2,1-2H3,(H,21,23). The lowest BCUT2D eigenvalue weighted by Crippen LogP contribution is -2.30. The molecule has 0 saturated heterocycles. The largest absolute Gasteiger partial charge is 0.496 e. The summed E-state index contributed by atoms with van der Waals surface area (Å²) in [5.41, 5.74) is 1.11. The number of carbonyl (C=O) groups is 2. The van der Waals surface area contributed by atoms with Gasteiger partial charge in [-0.25, -0.2) is 17.9 Å². The molecule has 0 aliphatic rings. The molecule has 0 saturated carbocycles. The first kappa shape index (κ1) is 22.4. The van der Waals surface area contributed by atoms with Crippen molar-refractivity contribution in [1.82, 2.24) is 10.0 Å². The number of hydrogen-bond donors (Lipinski definition) is 2. The third-order valence-electron chi connectivity index (χ3n) is 3.98. The molecule has 0 fully saturated rings. The van der Waals surface area contributed by atoms with Gasteiger partial charge in [0.05, 0.1) is 17.6 Å². The van der Waals surface area contributed by atoms with Gasteiger partial charge >= 0.3 is 5.97 Å². The summed E-state index contributed by atoms with van der Waals surface area (Å²) in [6.45, 7) is 1.87. The number of nitrogens with one attached hydrogen (secondary N) is 2. The summed E-state index contributed by atoms with van der Waals surface area (Å²) >= 11 is 0. The quantitative estimate of drug-likeness (QED) is 0.564. The van der Waals surface area contributed by atoms with Crippen LogP contribution in [0.15, 0.2) is 53.4 Å². The van der Waals surface area contributed by atoms with E-state index in [1.165, 1.54) is 24.3 Å². The van der Waals surface area contributed by atoms with Crippen LogP contribution in [-0.2, 0) is 26.0 Å². The van der Waals surface area contributed by atoms with Gasteiger partial charge < -0.3 is 14.8 Å². The zero-order chi connectivity index (χ0) is 21.3. The summed E-state index contributed by atoms with van der Waals surface area (Å²) < 4.78 is 36.3. The van der Waals surface area contributed by atoms with Crippen LogP contribution < -0.4 is 14.8 Å². The molecule has 0 heterocycles. The first-order valence-electron chi connectivity index (χ1n) is 9.03. The number of rotatable bonds is 10. The Labute approximate surface area is 170 Å². The van der Waals surface area contributed by atoms with Crippen molar-refractivity contribution in [2.24, 2.45) is 0 Å². The maximum atomic E-state index is 12.0. The summed E-state index contributed by atoms with van der Waals surface area (Å²) in [5, 5.41) is 2.67. The molecule has 1 amide bonds. The second kappa shape index (κ2) is 10.6. The molecule has 0 bridgehead atoms. The van der Waals surface area contributed by atoms with Crippen LogP contribution in [-0.4, -0.2) is 47.1 Å². The number of carbonyl (C=O) groups excluding carboxylic acids is 2. The molecule has 29 heavy (non-hydrogen) atoms. The molecule has 2 N–H and O–H groups in total. The topological polar surface area (TPSA) is 111 Å². The van der Waals surface area contributed by atoms with Gasteiger partial charge in [0.25, 0.3) is 5.91 Å². The van der Waals surface area contributed by atoms with Crippen molar-refractivity contribution in [2.75, 3.05) is 26.8 Å². The van der Waals surface area contributed by atoms with Crippen LogP contribution in [0.2, 0.25) is 0 Å². The van der Waals surface area contributed by atoms with Crippen molar-refractivity contribution in [1.29, 1.82) is 0 Å². The van der Waals surface area contributed by atoms with Gasteiger partial charge in [0, 0.05) is 13.1 Å². The minimum absolute atomic E-state index is 0.0463. The molecule has 0 atom stereocenters. The number of para-hydroxylation sites is 1. The number of benzene rings is 2. The van der Waals surface area contributed by atoms with Gasteiger partial charge in [-0.15, -0.1) is 0 Å². The van der Waals surface area contributed by atoms with E-state index < -0.39 is 28.5 Å². The number of ether oxygens (including phenoxy) is 2. The van der Waals surface area contributed by atoms with Crippen molar-refractivity contribution in [3.63, 3.8) is 0 Å². The lowest BCUT2D eigenvalue weighted by Gasteiger charge is -2.09. The van der Waals surface area contributed by atoms with Crippen molar-refractivity contribution in [3.8, 4) is 5.75 Å². The third-order valence-corrected chi connectivity index (χ3v) is 5.54. The van der Waals surface area contributed by atoms with Crippen molar-refractivity contribution >= 4 is 21.9 Å². The number of amides is 1. The van der Waals surface area contributed by atoms with Gasteiger partial charge in [0.1, 0.15) is 5.75 Å². The van der Waals surface area contributed by atoms with Crippen LogP contribution in [0.25, 0.3) is 0 Å². The Morgan fingerprint density at radius 2 is 1.72 bits per heavy atom. The smallest absolute Gasteiger partial charge is 0.338 e. The van der Waals surface area contributed by atoms with Crippen LogP contribution >= 0.6 is 0 Å². The Kier molecular flexibility index (Phi) is 8.17. The molecular weight excluding hydrogens is 396 g/mol. The molecule has 8 nitrogen and oxygen atoms in total. The van der Waals surface area contributed by atoms with Crippen LogP contribution in [0.5, 0.6) is 5.75 Å². The fourth-order valence-electron chi connectivity index (χ4n) is 2.56. The Hall–Kier alpha value is -2.91. The first-order chi connectivity index (χ1) is 13.9. The van der Waals surface area contributed by atoms with E-state index in [9.17, 15) is 18.0 Å². The van der Waals surface area contributed by atoms with Crippen LogP contribution in [0.3, 0.4) is 0 Å². The monoisotopic (exact) mass is 420 g/mol. The molecule has 2 aromatic rings. The van der Waals surface area contributed by atoms with E-state index in [0.717, 1.165) is 11.3 Å². The summed E-state index contributed by atoms with van der Waals surface area (Å²) in [7, 11) is -2.01. The van der Waals surface area contributed by atoms with E-state index >= 15 is 0 Å². The van der Waals surface area contributed by atoms with E-state index in [-0.39, 0.29) is 17.0 Å². The second-order valence-electron chi connectivity index (χ2n) is 6.01. The third kappa shape index (κ3) is 6.58. The molecule has 0 aliphatic carbocycles. The summed E-state index contributed by atoms with van der Waals surface area (Å²) in [6.07, 6.45) is 0.575. The molecule has 2 rings (SSSR count). The summed E-state index contributed by atoms with van der Waals surface area (Å²) in [4.78, 5) is 24.0. The summed E-state index contributed by atoms with van der Waals surface area (Å²) in [5.74, 6) is -0.398. The van der Waals surface area contributed by atoms with Gasteiger partial charge in [0.2, 0.25) is 10.0 Å². The Morgan fingerprint density at radius 1 is 1.03 bits per heavy atom. The zero-order valence-electron chi connectivity index (χ0n) is 16.3. The predicted molar refractivity (Wildman–Crippen MR) is 107 cm³/mol. The van der Waals surface area contributed by atoms with E-state index in [1.807, 2.05) is 24.3 Å². The molecule has 0 aliphatic heterocycles. The van der Waals surface area contributed by atoms with Crippen LogP contribution in [0.4, 0.5) is 0 Å². The van der Waals surface area contributed by atoms with Gasteiger partial charge in [-0.05, 0) is 42.3 Å². The van der Waals surface area contributed by atoms with Crippen LogP contribution in [0.1, 0.15) is 22.8 Å².